The topological polar surface area (TPSA) is 36.1 Å². The lowest BCUT2D eigenvalue weighted by Crippen LogP contribution is -2.12. The predicted molar refractivity (Wildman–Crippen MR) is 189 cm³/mol. The van der Waals surface area contributed by atoms with Crippen LogP contribution in [0.1, 0.15) is 17.4 Å². The second-order valence-corrected chi connectivity index (χ2v) is 12.5. The minimum absolute atomic E-state index is 0.153. The molecule has 0 N–H and O–H groups in total. The van der Waals surface area contributed by atoms with Crippen LogP contribution in [-0.4, -0.2) is 9.13 Å². The van der Waals surface area contributed by atoms with Gasteiger partial charge in [0.25, 0.3) is 0 Å². The Labute approximate surface area is 263 Å². The van der Waals surface area contributed by atoms with Gasteiger partial charge in [0, 0.05) is 60.9 Å². The van der Waals surface area contributed by atoms with Gasteiger partial charge in [-0.25, -0.2) is 0 Å². The Balaban J connectivity index is 1.20. The summed E-state index contributed by atoms with van der Waals surface area (Å²) >= 11 is 0. The molecular weight excluding hydrogens is 564 g/mol. The maximum absolute atomic E-state index is 6.23. The lowest BCUT2D eigenvalue weighted by Gasteiger charge is -2.21. The van der Waals surface area contributed by atoms with E-state index in [1.807, 2.05) is 18.2 Å². The molecule has 0 bridgehead atoms. The molecule has 1 atom stereocenters. The zero-order chi connectivity index (χ0) is 29.9. The fourth-order valence-electron chi connectivity index (χ4n) is 8.06. The zero-order valence-corrected chi connectivity index (χ0v) is 24.8. The molecule has 0 fully saturated rings. The second kappa shape index (κ2) is 8.80. The third kappa shape index (κ3) is 3.18. The molecule has 0 radical (unpaired) electrons. The summed E-state index contributed by atoms with van der Waals surface area (Å²) in [6, 6.07) is 45.9. The summed E-state index contributed by atoms with van der Waals surface area (Å²) in [5.41, 5.74) is 10.1. The number of fused-ring (bicyclic) bond motifs is 12. The third-order valence-electron chi connectivity index (χ3n) is 10.1. The minimum Gasteiger partial charge on any atom is -0.456 e. The zero-order valence-electron chi connectivity index (χ0n) is 24.8. The van der Waals surface area contributed by atoms with Crippen LogP contribution in [0.3, 0.4) is 0 Å². The lowest BCUT2D eigenvalue weighted by atomic mass is 9.97. The highest BCUT2D eigenvalue weighted by atomic mass is 16.3. The summed E-state index contributed by atoms with van der Waals surface area (Å²) < 4.78 is 17.4. The Morgan fingerprint density at radius 2 is 1.13 bits per heavy atom. The van der Waals surface area contributed by atoms with Crippen LogP contribution in [0.25, 0.3) is 88.3 Å². The van der Waals surface area contributed by atoms with Crippen molar-refractivity contribution in [3.05, 3.63) is 145 Å². The molecule has 0 saturated carbocycles. The van der Waals surface area contributed by atoms with E-state index < -0.39 is 0 Å². The SMILES string of the molecule is C1=CC(n2c3ccccc3c3cc4c5ccccc5n(-c5ccc6oc7ccccc7c6c5)c4cc32)Cc2c1oc1ccccc21. The average molecular weight is 591 g/mol. The number of rotatable bonds is 2. The summed E-state index contributed by atoms with van der Waals surface area (Å²) in [6.07, 6.45) is 5.36. The fourth-order valence-corrected chi connectivity index (χ4v) is 8.06. The van der Waals surface area contributed by atoms with E-state index in [2.05, 4.69) is 130 Å². The van der Waals surface area contributed by atoms with Gasteiger partial charge >= 0.3 is 0 Å². The summed E-state index contributed by atoms with van der Waals surface area (Å²) in [6.45, 7) is 0. The maximum Gasteiger partial charge on any atom is 0.135 e. The molecule has 4 heteroatoms. The van der Waals surface area contributed by atoms with Crippen molar-refractivity contribution in [1.29, 1.82) is 0 Å². The van der Waals surface area contributed by atoms with Gasteiger partial charge in [0.15, 0.2) is 0 Å². The number of aromatic nitrogens is 2. The summed E-state index contributed by atoms with van der Waals surface area (Å²) in [4.78, 5) is 0. The monoisotopic (exact) mass is 590 g/mol. The molecule has 46 heavy (non-hydrogen) atoms. The van der Waals surface area contributed by atoms with Gasteiger partial charge in [-0.2, -0.15) is 0 Å². The Bertz CT molecular complexity index is 2910. The molecule has 1 aliphatic carbocycles. The summed E-state index contributed by atoms with van der Waals surface area (Å²) in [5.74, 6) is 0.975. The maximum atomic E-state index is 6.23. The minimum atomic E-state index is 0.153. The Kier molecular flexibility index (Phi) is 4.66. The Hall–Kier alpha value is -6.00. The van der Waals surface area contributed by atoms with Gasteiger partial charge in [-0.1, -0.05) is 78.9 Å². The van der Waals surface area contributed by atoms with Crippen LogP contribution >= 0.6 is 0 Å². The Morgan fingerprint density at radius 1 is 0.478 bits per heavy atom. The van der Waals surface area contributed by atoms with Crippen molar-refractivity contribution < 1.29 is 8.83 Å². The number of hydrogen-bond donors (Lipinski definition) is 0. The highest BCUT2D eigenvalue weighted by molar-refractivity contribution is 6.19. The van der Waals surface area contributed by atoms with Crippen molar-refractivity contribution in [2.45, 2.75) is 12.5 Å². The van der Waals surface area contributed by atoms with Crippen molar-refractivity contribution in [3.63, 3.8) is 0 Å². The number of benzene rings is 6. The van der Waals surface area contributed by atoms with E-state index in [0.29, 0.717) is 0 Å². The molecule has 6 aromatic carbocycles. The normalized spacial score (nSPS) is 15.0. The highest BCUT2D eigenvalue weighted by Crippen LogP contribution is 2.43. The molecule has 1 aliphatic rings. The molecule has 216 valence electrons. The Morgan fingerprint density at radius 3 is 1.98 bits per heavy atom. The standard InChI is InChI=1S/C42H26N2O2/c1-5-13-35-27(9-1)31-23-32-28-10-2-6-14-36(28)44(26-18-20-42-34(22-26)30-12-4-8-16-40(30)46-42)38(32)24-37(31)43(35)25-17-19-41-33(21-25)29-11-3-7-15-39(29)45-41/h1-21,23-24,26H,22H2. The molecule has 11 rings (SSSR count). The third-order valence-corrected chi connectivity index (χ3v) is 10.1. The molecule has 4 heterocycles. The van der Waals surface area contributed by atoms with Crippen LogP contribution in [0, 0.1) is 0 Å². The smallest absolute Gasteiger partial charge is 0.135 e. The van der Waals surface area contributed by atoms with Gasteiger partial charge in [0.1, 0.15) is 22.5 Å². The molecule has 0 spiro atoms. The van der Waals surface area contributed by atoms with E-state index in [1.54, 1.807) is 0 Å². The van der Waals surface area contributed by atoms with Gasteiger partial charge < -0.3 is 18.0 Å². The molecule has 0 aliphatic heterocycles. The van der Waals surface area contributed by atoms with Crippen LogP contribution in [0.4, 0.5) is 0 Å². The van der Waals surface area contributed by atoms with Crippen LogP contribution in [0.5, 0.6) is 0 Å². The van der Waals surface area contributed by atoms with Crippen molar-refractivity contribution in [3.8, 4) is 5.69 Å². The van der Waals surface area contributed by atoms with Gasteiger partial charge in [-0.15, -0.1) is 0 Å². The first-order valence-corrected chi connectivity index (χ1v) is 15.9. The van der Waals surface area contributed by atoms with Crippen LogP contribution < -0.4 is 0 Å². The molecule has 0 amide bonds. The van der Waals surface area contributed by atoms with Gasteiger partial charge in [-0.3, -0.25) is 0 Å². The molecule has 4 aromatic heterocycles. The highest BCUT2D eigenvalue weighted by Gasteiger charge is 2.25. The van der Waals surface area contributed by atoms with Crippen molar-refractivity contribution in [2.24, 2.45) is 0 Å². The van der Waals surface area contributed by atoms with E-state index in [9.17, 15) is 0 Å². The number of hydrogen-bond acceptors (Lipinski definition) is 2. The molecule has 10 aromatic rings. The first kappa shape index (κ1) is 24.3. The van der Waals surface area contributed by atoms with E-state index in [0.717, 1.165) is 45.4 Å². The van der Waals surface area contributed by atoms with E-state index >= 15 is 0 Å². The van der Waals surface area contributed by atoms with Crippen LogP contribution in [-0.2, 0) is 6.42 Å². The summed E-state index contributed by atoms with van der Waals surface area (Å²) in [5, 5.41) is 8.53. The quantitative estimate of drug-likeness (QED) is 0.201. The number of nitrogens with zero attached hydrogens (tertiary/aromatic N) is 2. The first-order chi connectivity index (χ1) is 22.8. The van der Waals surface area contributed by atoms with Gasteiger partial charge in [0.2, 0.25) is 0 Å². The van der Waals surface area contributed by atoms with E-state index in [-0.39, 0.29) is 6.04 Å². The van der Waals surface area contributed by atoms with Crippen molar-refractivity contribution in [2.75, 3.05) is 0 Å². The van der Waals surface area contributed by atoms with Crippen LogP contribution in [0.2, 0.25) is 0 Å². The largest absolute Gasteiger partial charge is 0.456 e. The van der Waals surface area contributed by atoms with Crippen LogP contribution in [0.15, 0.2) is 142 Å². The second-order valence-electron chi connectivity index (χ2n) is 12.5. The van der Waals surface area contributed by atoms with Crippen molar-refractivity contribution >= 4 is 82.6 Å². The molecule has 0 saturated heterocycles. The number of allylic oxidation sites excluding steroid dienone is 1. The van der Waals surface area contributed by atoms with Crippen molar-refractivity contribution in [1.82, 2.24) is 9.13 Å². The van der Waals surface area contributed by atoms with Gasteiger partial charge in [-0.05, 0) is 60.7 Å². The predicted octanol–water partition coefficient (Wildman–Crippen LogP) is 11.3. The summed E-state index contributed by atoms with van der Waals surface area (Å²) in [7, 11) is 0. The molecule has 1 unspecified atom stereocenters. The first-order valence-electron chi connectivity index (χ1n) is 15.9. The number of furan rings is 2. The number of para-hydroxylation sites is 4. The van der Waals surface area contributed by atoms with E-state index in [4.69, 9.17) is 8.83 Å². The molecule has 4 nitrogen and oxygen atoms in total. The molecular formula is C42H26N2O2. The fraction of sp³-hybridized carbons (Fsp3) is 0.0476. The van der Waals surface area contributed by atoms with E-state index in [1.165, 1.54) is 54.6 Å². The average Bonchev–Trinajstić information content (AvgIpc) is 3.84. The van der Waals surface area contributed by atoms with Gasteiger partial charge in [0.05, 0.1) is 22.6 Å². The lowest BCUT2D eigenvalue weighted by molar-refractivity contribution is 0.572.